The maximum absolute atomic E-state index is 13.4. The number of carboxylic acids is 1. The predicted octanol–water partition coefficient (Wildman–Crippen LogP) is 2.88. The van der Waals surface area contributed by atoms with Gasteiger partial charge in [-0.2, -0.15) is 30.4 Å². The topological polar surface area (TPSA) is 540 Å². The molecule has 0 spiro atoms. The molecule has 0 radical (unpaired) electrons. The number of carbonyl (C=O) groups excluding carboxylic acids is 2. The number of aromatic nitrogens is 2. The van der Waals surface area contributed by atoms with E-state index in [0.717, 1.165) is 22.8 Å². The number of unbranched alkanes of at least 4 members (excludes halogenated alkanes) is 2. The number of amides is 3. The van der Waals surface area contributed by atoms with Gasteiger partial charge < -0.3 is 70.7 Å². The summed E-state index contributed by atoms with van der Waals surface area (Å²) < 4.78 is 141. The van der Waals surface area contributed by atoms with Gasteiger partial charge in [-0.15, -0.1) is 0 Å². The standard InChI is InChI=1S/C44H52N9O25P3S4/c1-48-22-73-32-19-34(75-33(32)21-74-80(62,63)78-81(64,65)77-79(59,60)61)53-20-25(40(47)52-44(53)58)6-5-14-51-43(57)50-13-3-2-4-16-72-23-83-82-17-15-49-41(54)24-7-8-26(42(55)56)29(18-24)35-27-9-11-30(45)38(84(66,67)68)36(27)76-37-28(35)10-12-31(46)39(37)85(69,70)71/h7-12,18,20,32-34,45H,1-4,13-17,19,21-23,46H2,(H,49,54)(H,55,56)(H,62,63)(H,64,65)(H2,47,52,58)(H2,50,51,57)(H2,59,60,61)(H,66,67,68)(H,69,70,71)/t32?,33-,34-/m1/s1. The molecule has 85 heavy (non-hydrogen) atoms. The summed E-state index contributed by atoms with van der Waals surface area (Å²) in [5.41, 5.74) is 8.50. The Morgan fingerprint density at radius 1 is 0.918 bits per heavy atom. The summed E-state index contributed by atoms with van der Waals surface area (Å²) in [7, 11) is -24.7. The number of hydrogen-bond acceptors (Lipinski definition) is 25. The molecule has 1 aromatic heterocycles. The molecule has 1 saturated heterocycles. The lowest BCUT2D eigenvalue weighted by molar-refractivity contribution is -0.0598. The van der Waals surface area contributed by atoms with E-state index < -0.39 is 130 Å². The normalized spacial score (nSPS) is 16.9. The highest BCUT2D eigenvalue weighted by Gasteiger charge is 2.44. The number of rotatable bonds is 29. The van der Waals surface area contributed by atoms with Crippen LogP contribution in [-0.4, -0.2) is 148 Å². The first-order valence-corrected chi connectivity index (χ1v) is 33.9. The molecule has 2 aliphatic heterocycles. The third-order valence-corrected chi connectivity index (χ3v) is 19.2. The SMILES string of the molecule is C=NCOC1C[C@H](n2cc(C#CCNC(=O)NCCCCCOCSSCCNC(=O)c3ccc(C(=O)O)c(-c4c5ccc(=N)c(S(=O)(=O)O)c-5oc5c(S(=O)(=O)O)c(N)ccc45)c3)c(N)nc2=O)O[C@@H]1COP(=O)(O)OP(=O)(O)OP(=O)(O)O. The number of nitrogens with one attached hydrogen (secondary N) is 4. The number of aliphatic imine (C=N–C) groups is 1. The lowest BCUT2D eigenvalue weighted by atomic mass is 9.89. The van der Waals surface area contributed by atoms with Crippen LogP contribution in [0.1, 0.15) is 58.2 Å². The molecule has 15 N–H and O–H groups in total. The number of nitrogen functional groups attached to an aromatic ring is 2. The molecule has 462 valence electrons. The first kappa shape index (κ1) is 68.0. The smallest absolute Gasteiger partial charge is 0.478 e. The molecule has 3 aromatic rings. The molecule has 6 rings (SSSR count). The average Bonchev–Trinajstić information content (AvgIpc) is 1.23. The number of nitrogens with two attached hydrogens (primary N) is 2. The zero-order valence-corrected chi connectivity index (χ0v) is 49.4. The minimum Gasteiger partial charge on any atom is -0.478 e. The van der Waals surface area contributed by atoms with Crippen molar-refractivity contribution < 1.29 is 110 Å². The Hall–Kier alpha value is -6.14. The van der Waals surface area contributed by atoms with E-state index in [1.54, 1.807) is 0 Å². The van der Waals surface area contributed by atoms with Gasteiger partial charge in [-0.3, -0.25) is 33.4 Å². The quantitative estimate of drug-likeness (QED) is 0.00377. The summed E-state index contributed by atoms with van der Waals surface area (Å²) in [6.45, 7) is 2.76. The number of urea groups is 1. The molecule has 0 bridgehead atoms. The first-order chi connectivity index (χ1) is 39.8. The molecule has 3 heterocycles. The fourth-order valence-corrected chi connectivity index (χ4v) is 14.1. The van der Waals surface area contributed by atoms with Gasteiger partial charge in [0.2, 0.25) is 0 Å². The van der Waals surface area contributed by atoms with Crippen LogP contribution >= 0.6 is 45.1 Å². The lowest BCUT2D eigenvalue weighted by Crippen LogP contribution is -2.36. The van der Waals surface area contributed by atoms with E-state index in [2.05, 4.69) is 57.6 Å². The van der Waals surface area contributed by atoms with Crippen molar-refractivity contribution in [1.29, 1.82) is 5.41 Å². The third-order valence-electron chi connectivity index (χ3n) is 11.5. The number of aromatic carboxylic acids is 1. The molecule has 3 unspecified atom stereocenters. The molecule has 34 nitrogen and oxygen atoms in total. The summed E-state index contributed by atoms with van der Waals surface area (Å²) in [4.78, 5) is 93.2. The first-order valence-electron chi connectivity index (χ1n) is 24.0. The number of hydrogen-bond donors (Lipinski definition) is 13. The van der Waals surface area contributed by atoms with Crippen LogP contribution < -0.4 is 38.5 Å². The number of fused-ring (bicyclic) bond motifs is 2. The molecule has 41 heteroatoms. The van der Waals surface area contributed by atoms with E-state index in [9.17, 15) is 73.7 Å². The van der Waals surface area contributed by atoms with Gasteiger partial charge in [-0.1, -0.05) is 33.4 Å². The van der Waals surface area contributed by atoms with E-state index in [4.69, 9.17) is 45.3 Å². The fraction of sp³-hybridized carbons (Fsp3) is 0.341. The van der Waals surface area contributed by atoms with Gasteiger partial charge >= 0.3 is 41.2 Å². The largest absolute Gasteiger partial charge is 0.490 e. The second-order valence-corrected chi connectivity index (χ2v) is 27.1. The summed E-state index contributed by atoms with van der Waals surface area (Å²) in [5, 5.41) is 25.4. The van der Waals surface area contributed by atoms with Crippen LogP contribution in [0, 0.1) is 17.3 Å². The van der Waals surface area contributed by atoms with Crippen molar-refractivity contribution in [3.8, 4) is 34.3 Å². The monoisotopic (exact) mass is 1330 g/mol. The van der Waals surface area contributed by atoms with Crippen LogP contribution in [0.5, 0.6) is 0 Å². The molecule has 2 aromatic carbocycles. The molecule has 0 saturated carbocycles. The highest BCUT2D eigenvalue weighted by atomic mass is 33.1. The Bertz CT molecular complexity index is 3910. The highest BCUT2D eigenvalue weighted by Crippen LogP contribution is 2.66. The second-order valence-electron chi connectivity index (χ2n) is 17.4. The average molecular weight is 1330 g/mol. The number of carboxylic acid groups (broad SMARTS) is 1. The van der Waals surface area contributed by atoms with Crippen molar-refractivity contribution in [3.05, 3.63) is 81.2 Å². The Morgan fingerprint density at radius 3 is 2.33 bits per heavy atom. The van der Waals surface area contributed by atoms with Crippen LogP contribution in [-0.2, 0) is 61.3 Å². The van der Waals surface area contributed by atoms with Crippen LogP contribution in [0.2, 0.25) is 0 Å². The number of nitrogens with zero attached hydrogens (tertiary/aromatic N) is 3. The van der Waals surface area contributed by atoms with E-state index >= 15 is 0 Å². The van der Waals surface area contributed by atoms with E-state index in [1.807, 2.05) is 0 Å². The predicted molar refractivity (Wildman–Crippen MR) is 301 cm³/mol. The molecular weight excluding hydrogens is 1280 g/mol. The Morgan fingerprint density at radius 2 is 1.65 bits per heavy atom. The summed E-state index contributed by atoms with van der Waals surface area (Å²) in [6.07, 6.45) is -0.455. The number of phosphoric ester groups is 1. The molecule has 1 fully saturated rings. The maximum Gasteiger partial charge on any atom is 0.490 e. The number of benzene rings is 3. The number of carbonyl (C=O) groups is 3. The van der Waals surface area contributed by atoms with Gasteiger partial charge in [0.15, 0.2) is 21.1 Å². The summed E-state index contributed by atoms with van der Waals surface area (Å²) in [5.74, 6) is 2.85. The van der Waals surface area contributed by atoms with Crippen LogP contribution in [0.25, 0.3) is 33.4 Å². The van der Waals surface area contributed by atoms with E-state index in [0.29, 0.717) is 44.1 Å². The molecular formula is C44H52N9O25P3S4. The second kappa shape index (κ2) is 29.0. The Kier molecular flexibility index (Phi) is 23.2. The van der Waals surface area contributed by atoms with Crippen molar-refractivity contribution in [2.24, 2.45) is 4.99 Å². The van der Waals surface area contributed by atoms with E-state index in [-0.39, 0.29) is 65.3 Å². The van der Waals surface area contributed by atoms with Gasteiger partial charge in [0.1, 0.15) is 30.8 Å². The van der Waals surface area contributed by atoms with Crippen LogP contribution in [0.4, 0.5) is 16.3 Å². The highest BCUT2D eigenvalue weighted by molar-refractivity contribution is 8.76. The van der Waals surface area contributed by atoms with E-state index in [1.165, 1.54) is 52.1 Å². The molecule has 1 aliphatic carbocycles. The lowest BCUT2D eigenvalue weighted by Gasteiger charge is -2.20. The van der Waals surface area contributed by atoms with Gasteiger partial charge in [0.25, 0.3) is 26.1 Å². The minimum absolute atomic E-state index is 0.0382. The molecule has 5 atom stereocenters. The van der Waals surface area contributed by atoms with Crippen molar-refractivity contribution >= 4 is 112 Å². The zero-order chi connectivity index (χ0) is 62.7. The fourth-order valence-electron chi connectivity index (χ4n) is 8.00. The van der Waals surface area contributed by atoms with Crippen molar-refractivity contribution in [2.75, 3.05) is 62.7 Å². The molecule has 3 amide bonds. The molecule has 3 aliphatic rings. The Balaban J connectivity index is 0.912. The van der Waals surface area contributed by atoms with Gasteiger partial charge in [-0.05, 0) is 74.0 Å². The van der Waals surface area contributed by atoms with Gasteiger partial charge in [0.05, 0.1) is 41.4 Å². The van der Waals surface area contributed by atoms with Crippen molar-refractivity contribution in [3.63, 3.8) is 0 Å². The van der Waals surface area contributed by atoms with Crippen molar-refractivity contribution in [1.82, 2.24) is 25.5 Å². The summed E-state index contributed by atoms with van der Waals surface area (Å²) >= 11 is 0. The number of phosphoric acid groups is 3. The Labute approximate surface area is 488 Å². The van der Waals surface area contributed by atoms with Gasteiger partial charge in [-0.25, -0.2) is 28.1 Å². The third kappa shape index (κ3) is 18.9. The summed E-state index contributed by atoms with van der Waals surface area (Å²) in [6, 6.07) is 7.39. The van der Waals surface area contributed by atoms with Crippen LogP contribution in [0.15, 0.2) is 72.7 Å². The van der Waals surface area contributed by atoms with Gasteiger partial charge in [0, 0.05) is 60.1 Å². The minimum atomic E-state index is -5.81. The number of ether oxygens (including phenoxy) is 3. The maximum atomic E-state index is 13.4. The van der Waals surface area contributed by atoms with Crippen LogP contribution in [0.3, 0.4) is 0 Å². The number of anilines is 2. The zero-order valence-electron chi connectivity index (χ0n) is 43.5. The van der Waals surface area contributed by atoms with Crippen molar-refractivity contribution in [2.45, 2.75) is 53.9 Å².